The summed E-state index contributed by atoms with van der Waals surface area (Å²) >= 11 is 7.09. The number of amidine groups is 2. The van der Waals surface area contributed by atoms with Crippen LogP contribution in [0, 0.1) is 19.3 Å². The number of hydrogen-bond acceptors (Lipinski definition) is 8. The fraction of sp³-hybridized carbons (Fsp3) is 0.238. The highest BCUT2D eigenvalue weighted by Crippen LogP contribution is 2.37. The maximum Gasteiger partial charge on any atom is 0.283 e. The van der Waals surface area contributed by atoms with Crippen molar-refractivity contribution in [2.24, 2.45) is 10.1 Å². The van der Waals surface area contributed by atoms with Gasteiger partial charge < -0.3 is 14.0 Å². The predicted octanol–water partition coefficient (Wildman–Crippen LogP) is 3.39. The van der Waals surface area contributed by atoms with Gasteiger partial charge in [-0.2, -0.15) is 10.0 Å². The van der Waals surface area contributed by atoms with Crippen molar-refractivity contribution in [3.63, 3.8) is 0 Å². The minimum atomic E-state index is -3.60. The lowest BCUT2D eigenvalue weighted by Crippen LogP contribution is -2.35. The molecule has 1 aromatic carbocycles. The summed E-state index contributed by atoms with van der Waals surface area (Å²) in [6, 6.07) is 5.26. The van der Waals surface area contributed by atoms with Crippen molar-refractivity contribution in [1.29, 1.82) is 5.41 Å². The number of nitrogens with one attached hydrogen (secondary N) is 1. The Morgan fingerprint density at radius 3 is 2.44 bits per heavy atom. The Morgan fingerprint density at radius 1 is 1.15 bits per heavy atom. The van der Waals surface area contributed by atoms with E-state index in [1.54, 1.807) is 25.3 Å². The molecule has 1 aromatic heterocycles. The van der Waals surface area contributed by atoms with Crippen LogP contribution in [0.15, 0.2) is 33.9 Å². The molecule has 0 spiro atoms. The number of sulfone groups is 1. The topological polar surface area (TPSA) is 126 Å². The Kier molecular flexibility index (Phi) is 6.08. The fourth-order valence-corrected chi connectivity index (χ4v) is 5.52. The number of aryl methyl sites for hydroxylation is 1. The van der Waals surface area contributed by atoms with Crippen molar-refractivity contribution in [1.82, 2.24) is 9.58 Å². The number of carbonyl (C=O) groups is 1. The zero-order chi connectivity index (χ0) is 24.9. The molecule has 2 aromatic rings. The summed E-state index contributed by atoms with van der Waals surface area (Å²) in [4.78, 5) is 16.6. The number of hydrazone groups is 1. The first-order chi connectivity index (χ1) is 16.0. The van der Waals surface area contributed by atoms with Gasteiger partial charge in [0.05, 0.1) is 30.5 Å². The summed E-state index contributed by atoms with van der Waals surface area (Å²) in [5.74, 6) is 0.105. The monoisotopic (exact) mass is 521 g/mol. The maximum atomic E-state index is 12.7. The molecule has 1 amide bonds. The average Bonchev–Trinajstić information content (AvgIpc) is 3.31. The van der Waals surface area contributed by atoms with E-state index in [-0.39, 0.29) is 21.0 Å². The summed E-state index contributed by atoms with van der Waals surface area (Å²) in [6.45, 7) is 3.74. The smallest absolute Gasteiger partial charge is 0.283 e. The fourth-order valence-electron chi connectivity index (χ4n) is 3.60. The second kappa shape index (κ2) is 8.60. The molecule has 0 unspecified atom stereocenters. The molecule has 0 aliphatic carbocycles. The molecular weight excluding hydrogens is 502 g/mol. The number of fused-ring (bicyclic) bond motifs is 1. The van der Waals surface area contributed by atoms with Gasteiger partial charge in [-0.05, 0) is 49.4 Å². The van der Waals surface area contributed by atoms with Crippen molar-refractivity contribution in [2.45, 2.75) is 13.8 Å². The van der Waals surface area contributed by atoms with E-state index in [1.165, 1.54) is 7.11 Å². The van der Waals surface area contributed by atoms with Gasteiger partial charge in [0.15, 0.2) is 5.84 Å². The van der Waals surface area contributed by atoms with E-state index < -0.39 is 15.7 Å². The molecule has 4 rings (SSSR count). The zero-order valence-electron chi connectivity index (χ0n) is 18.8. The Bertz CT molecular complexity index is 1460. The molecule has 13 heteroatoms. The zero-order valence-corrected chi connectivity index (χ0v) is 21.2. The molecule has 0 fully saturated rings. The number of ether oxygens (including phenoxy) is 2. The third-order valence-electron chi connectivity index (χ3n) is 5.22. The van der Waals surface area contributed by atoms with Gasteiger partial charge in [0.1, 0.15) is 11.5 Å². The molecule has 0 radical (unpaired) electrons. The summed E-state index contributed by atoms with van der Waals surface area (Å²) in [5, 5.41) is 13.9. The van der Waals surface area contributed by atoms with Crippen molar-refractivity contribution in [3.8, 4) is 17.2 Å². The van der Waals surface area contributed by atoms with Gasteiger partial charge in [-0.25, -0.2) is 8.42 Å². The normalized spacial score (nSPS) is 17.1. The highest BCUT2D eigenvalue weighted by molar-refractivity contribution is 8.42. The number of halogens is 1. The lowest BCUT2D eigenvalue weighted by atomic mass is 10.1. The molecule has 1 N–H and O–H groups in total. The van der Waals surface area contributed by atoms with Crippen LogP contribution in [0.5, 0.6) is 11.5 Å². The summed E-state index contributed by atoms with van der Waals surface area (Å²) in [6.07, 6.45) is 2.55. The quantitative estimate of drug-likeness (QED) is 0.611. The molecule has 10 nitrogen and oxygen atoms in total. The van der Waals surface area contributed by atoms with E-state index in [1.807, 2.05) is 24.5 Å². The van der Waals surface area contributed by atoms with E-state index >= 15 is 0 Å². The molecule has 0 saturated heterocycles. The highest BCUT2D eigenvalue weighted by atomic mass is 35.5. The first-order valence-electron chi connectivity index (χ1n) is 9.77. The van der Waals surface area contributed by atoms with E-state index in [0.29, 0.717) is 27.8 Å². The van der Waals surface area contributed by atoms with Gasteiger partial charge in [0.2, 0.25) is 19.4 Å². The van der Waals surface area contributed by atoms with Gasteiger partial charge in [-0.15, -0.1) is 5.10 Å². The van der Waals surface area contributed by atoms with Crippen LogP contribution in [0.4, 0.5) is 0 Å². The number of aromatic nitrogens is 1. The Balaban J connectivity index is 1.79. The molecule has 2 aliphatic heterocycles. The molecule has 0 atom stereocenters. The molecule has 0 bridgehead atoms. The summed E-state index contributed by atoms with van der Waals surface area (Å²) < 4.78 is 36.2. The van der Waals surface area contributed by atoms with Gasteiger partial charge in [0, 0.05) is 23.7 Å². The number of benzene rings is 1. The molecule has 34 heavy (non-hydrogen) atoms. The van der Waals surface area contributed by atoms with Gasteiger partial charge >= 0.3 is 0 Å². The number of aliphatic imine (C=N–C) groups is 1. The minimum absolute atomic E-state index is 0.0113. The van der Waals surface area contributed by atoms with E-state index in [9.17, 15) is 13.2 Å². The second-order valence-electron chi connectivity index (χ2n) is 7.48. The number of hydrogen-bond donors (Lipinski definition) is 1. The molecule has 0 saturated carbocycles. The first kappa shape index (κ1) is 24.0. The Hall–Kier alpha value is -3.09. The largest absolute Gasteiger partial charge is 0.495 e. The molecule has 3 heterocycles. The number of methoxy groups -OCH3 is 2. The van der Waals surface area contributed by atoms with Crippen molar-refractivity contribution >= 4 is 60.6 Å². The van der Waals surface area contributed by atoms with Crippen molar-refractivity contribution < 1.29 is 22.7 Å². The standard InChI is InChI=1S/C21H20ClN5O5S2/c1-10-6-12(11(2)26(10)15-8-14(22)16(31-3)9-17(15)32-4)7-13-18(23)27-20(24-19(13)28)33-21(25-27)34(5,29)30/h6-9,23H,1-5H3/b13-7+,23-18?. The van der Waals surface area contributed by atoms with Crippen LogP contribution in [-0.4, -0.2) is 59.8 Å². The third kappa shape index (κ3) is 4.01. The minimum Gasteiger partial charge on any atom is -0.495 e. The van der Waals surface area contributed by atoms with Crippen LogP contribution >= 0.6 is 23.4 Å². The first-order valence-corrected chi connectivity index (χ1v) is 12.9. The number of rotatable bonds is 4. The lowest BCUT2D eigenvalue weighted by Gasteiger charge is -2.20. The van der Waals surface area contributed by atoms with Crippen LogP contribution in [0.2, 0.25) is 5.02 Å². The van der Waals surface area contributed by atoms with Crippen LogP contribution in [0.25, 0.3) is 11.8 Å². The Labute approximate surface area is 205 Å². The molecular formula is C21H20ClN5O5S2. The summed E-state index contributed by atoms with van der Waals surface area (Å²) in [5.41, 5.74) is 2.92. The van der Waals surface area contributed by atoms with Crippen LogP contribution < -0.4 is 9.47 Å². The molecule has 178 valence electrons. The highest BCUT2D eigenvalue weighted by Gasteiger charge is 2.38. The lowest BCUT2D eigenvalue weighted by molar-refractivity contribution is -0.114. The van der Waals surface area contributed by atoms with E-state index in [0.717, 1.165) is 34.4 Å². The van der Waals surface area contributed by atoms with Gasteiger partial charge in [-0.1, -0.05) is 11.6 Å². The number of thioether (sulfide) groups is 1. The Morgan fingerprint density at radius 2 is 1.82 bits per heavy atom. The second-order valence-corrected chi connectivity index (χ2v) is 11.0. The van der Waals surface area contributed by atoms with Crippen molar-refractivity contribution in [3.05, 3.63) is 45.7 Å². The van der Waals surface area contributed by atoms with Gasteiger partial charge in [0.25, 0.3) is 5.91 Å². The third-order valence-corrected chi connectivity index (χ3v) is 8.09. The predicted molar refractivity (Wildman–Crippen MR) is 133 cm³/mol. The summed E-state index contributed by atoms with van der Waals surface area (Å²) in [7, 11) is -0.547. The maximum absolute atomic E-state index is 12.7. The van der Waals surface area contributed by atoms with Crippen molar-refractivity contribution in [2.75, 3.05) is 20.5 Å². The SMILES string of the molecule is COc1cc(OC)c(-n2c(C)cc(/C=C3\C(=N)N4N=C(S(C)(=O)=O)SC4=NC3=O)c2C)cc1Cl. The average molecular weight is 522 g/mol. The van der Waals surface area contributed by atoms with Crippen LogP contribution in [-0.2, 0) is 14.6 Å². The number of carbonyl (C=O) groups excluding carboxylic acids is 1. The van der Waals surface area contributed by atoms with Crippen LogP contribution in [0.3, 0.4) is 0 Å². The number of nitrogens with zero attached hydrogens (tertiary/aromatic N) is 4. The van der Waals surface area contributed by atoms with E-state index in [2.05, 4.69) is 10.1 Å². The number of amides is 1. The van der Waals surface area contributed by atoms with Crippen LogP contribution in [0.1, 0.15) is 17.0 Å². The molecule has 2 aliphatic rings. The van der Waals surface area contributed by atoms with Gasteiger partial charge in [-0.3, -0.25) is 10.2 Å². The van der Waals surface area contributed by atoms with E-state index in [4.69, 9.17) is 26.5 Å².